The lowest BCUT2D eigenvalue weighted by atomic mass is 10.2. The molecule has 0 saturated heterocycles. The average Bonchev–Trinajstić information content (AvgIpc) is 2.62. The van der Waals surface area contributed by atoms with Crippen molar-refractivity contribution in [2.45, 2.75) is 39.4 Å². The molecule has 1 N–H and O–H groups in total. The number of para-hydroxylation sites is 2. The lowest BCUT2D eigenvalue weighted by Gasteiger charge is -2.16. The van der Waals surface area contributed by atoms with Crippen LogP contribution in [0.4, 0.5) is 11.4 Å². The number of hydrogen-bond acceptors (Lipinski definition) is 5. The Labute approximate surface area is 152 Å². The highest BCUT2D eigenvalue weighted by Gasteiger charge is 2.20. The molecule has 0 saturated carbocycles. The van der Waals surface area contributed by atoms with Gasteiger partial charge in [0.1, 0.15) is 5.75 Å². The third-order valence-electron chi connectivity index (χ3n) is 3.75. The molecule has 0 aromatic heterocycles. The van der Waals surface area contributed by atoms with E-state index >= 15 is 0 Å². The monoisotopic (exact) mass is 358 g/mol. The number of nitrogens with zero attached hydrogens (tertiary/aromatic N) is 1. The lowest BCUT2D eigenvalue weighted by Crippen LogP contribution is -2.30. The van der Waals surface area contributed by atoms with E-state index in [0.717, 1.165) is 6.42 Å². The Morgan fingerprint density at radius 2 is 1.88 bits per heavy atom. The van der Waals surface area contributed by atoms with Crippen LogP contribution in [-0.2, 0) is 4.79 Å². The van der Waals surface area contributed by atoms with Crippen LogP contribution in [0.2, 0.25) is 0 Å². The highest BCUT2D eigenvalue weighted by Crippen LogP contribution is 2.27. The van der Waals surface area contributed by atoms with Crippen LogP contribution in [0.25, 0.3) is 0 Å². The fourth-order valence-electron chi connectivity index (χ4n) is 2.16. The van der Waals surface area contributed by atoms with Crippen molar-refractivity contribution in [1.29, 1.82) is 0 Å². The van der Waals surface area contributed by atoms with Crippen LogP contribution >= 0.6 is 0 Å². The van der Waals surface area contributed by atoms with Crippen LogP contribution < -0.4 is 14.8 Å². The molecule has 0 bridgehead atoms. The minimum Gasteiger partial charge on any atom is -0.491 e. The summed E-state index contributed by atoms with van der Waals surface area (Å²) in [6, 6.07) is 13.0. The number of nitro benzene ring substituents is 1. The SMILES string of the molecule is CCC(C)Oc1cccc(NC(=O)C(C)Oc2ccccc2[N+](=O)[O-])c1. The molecule has 0 fully saturated rings. The zero-order valence-corrected chi connectivity index (χ0v) is 15.0. The standard InChI is InChI=1S/C19H22N2O5/c1-4-13(2)25-16-9-7-8-15(12-16)20-19(22)14(3)26-18-11-6-5-10-17(18)21(23)24/h5-14H,4H2,1-3H3,(H,20,22). The zero-order chi connectivity index (χ0) is 19.1. The van der Waals surface area contributed by atoms with E-state index in [1.165, 1.54) is 19.1 Å². The van der Waals surface area contributed by atoms with E-state index in [0.29, 0.717) is 11.4 Å². The molecule has 0 aliphatic rings. The van der Waals surface area contributed by atoms with Crippen molar-refractivity contribution in [2.75, 3.05) is 5.32 Å². The number of ether oxygens (including phenoxy) is 2. The van der Waals surface area contributed by atoms with Crippen molar-refractivity contribution in [2.24, 2.45) is 0 Å². The number of hydrogen-bond donors (Lipinski definition) is 1. The van der Waals surface area contributed by atoms with Gasteiger partial charge in [-0.1, -0.05) is 25.1 Å². The maximum atomic E-state index is 12.3. The van der Waals surface area contributed by atoms with E-state index in [1.54, 1.807) is 30.3 Å². The number of amides is 1. The van der Waals surface area contributed by atoms with Crippen LogP contribution in [0, 0.1) is 10.1 Å². The first-order chi connectivity index (χ1) is 12.4. The molecule has 2 aromatic rings. The van der Waals surface area contributed by atoms with Gasteiger partial charge in [0.25, 0.3) is 5.91 Å². The molecule has 26 heavy (non-hydrogen) atoms. The predicted molar refractivity (Wildman–Crippen MR) is 98.6 cm³/mol. The van der Waals surface area contributed by atoms with Gasteiger partial charge in [-0.2, -0.15) is 0 Å². The summed E-state index contributed by atoms with van der Waals surface area (Å²) in [5.74, 6) is 0.294. The second-order valence-electron chi connectivity index (χ2n) is 5.84. The molecular weight excluding hydrogens is 336 g/mol. The van der Waals surface area contributed by atoms with Gasteiger partial charge in [0.15, 0.2) is 11.9 Å². The van der Waals surface area contributed by atoms with Gasteiger partial charge in [0, 0.05) is 17.8 Å². The summed E-state index contributed by atoms with van der Waals surface area (Å²) in [6.45, 7) is 5.53. The Balaban J connectivity index is 2.04. The molecule has 2 unspecified atom stereocenters. The zero-order valence-electron chi connectivity index (χ0n) is 15.0. The van der Waals surface area contributed by atoms with Crippen molar-refractivity contribution >= 4 is 17.3 Å². The second-order valence-corrected chi connectivity index (χ2v) is 5.84. The molecule has 0 spiro atoms. The van der Waals surface area contributed by atoms with Crippen molar-refractivity contribution in [3.63, 3.8) is 0 Å². The molecule has 0 aliphatic carbocycles. The highest BCUT2D eigenvalue weighted by atomic mass is 16.6. The lowest BCUT2D eigenvalue weighted by molar-refractivity contribution is -0.386. The third kappa shape index (κ3) is 5.20. The Morgan fingerprint density at radius 1 is 1.15 bits per heavy atom. The van der Waals surface area contributed by atoms with Gasteiger partial charge in [-0.25, -0.2) is 0 Å². The molecule has 1 amide bonds. The molecule has 0 radical (unpaired) electrons. The van der Waals surface area contributed by atoms with E-state index in [-0.39, 0.29) is 17.5 Å². The summed E-state index contributed by atoms with van der Waals surface area (Å²) in [6.07, 6.45) is 0.0363. The van der Waals surface area contributed by atoms with Crippen LogP contribution in [0.3, 0.4) is 0 Å². The van der Waals surface area contributed by atoms with Crippen molar-refractivity contribution in [1.82, 2.24) is 0 Å². The van der Waals surface area contributed by atoms with E-state index in [4.69, 9.17) is 9.47 Å². The van der Waals surface area contributed by atoms with Gasteiger partial charge in [-0.05, 0) is 38.5 Å². The number of benzene rings is 2. The smallest absolute Gasteiger partial charge is 0.310 e. The summed E-state index contributed by atoms with van der Waals surface area (Å²) in [7, 11) is 0. The Morgan fingerprint density at radius 3 is 2.58 bits per heavy atom. The molecule has 138 valence electrons. The fraction of sp³-hybridized carbons (Fsp3) is 0.316. The summed E-state index contributed by atoms with van der Waals surface area (Å²) in [5.41, 5.74) is 0.380. The van der Waals surface area contributed by atoms with Crippen LogP contribution in [0.15, 0.2) is 48.5 Å². The predicted octanol–water partition coefficient (Wildman–Crippen LogP) is 4.18. The number of rotatable bonds is 8. The van der Waals surface area contributed by atoms with Crippen LogP contribution in [0.1, 0.15) is 27.2 Å². The quantitative estimate of drug-likeness (QED) is 0.565. The molecule has 0 heterocycles. The van der Waals surface area contributed by atoms with Gasteiger partial charge < -0.3 is 14.8 Å². The molecule has 2 aromatic carbocycles. The third-order valence-corrected chi connectivity index (χ3v) is 3.75. The number of anilines is 1. The largest absolute Gasteiger partial charge is 0.491 e. The van der Waals surface area contributed by atoms with Crippen LogP contribution in [0.5, 0.6) is 11.5 Å². The maximum Gasteiger partial charge on any atom is 0.310 e. The van der Waals surface area contributed by atoms with E-state index < -0.39 is 16.9 Å². The van der Waals surface area contributed by atoms with Crippen molar-refractivity contribution in [3.05, 3.63) is 58.6 Å². The number of carbonyl (C=O) groups is 1. The minimum absolute atomic E-state index is 0.0500. The molecule has 7 heteroatoms. The number of nitro groups is 1. The minimum atomic E-state index is -0.907. The average molecular weight is 358 g/mol. The molecule has 7 nitrogen and oxygen atoms in total. The van der Waals surface area contributed by atoms with Gasteiger partial charge >= 0.3 is 5.69 Å². The second kappa shape index (κ2) is 8.84. The van der Waals surface area contributed by atoms with Crippen molar-refractivity contribution in [3.8, 4) is 11.5 Å². The summed E-state index contributed by atoms with van der Waals surface area (Å²) in [5, 5.41) is 13.8. The molecule has 0 aliphatic heterocycles. The highest BCUT2D eigenvalue weighted by molar-refractivity contribution is 5.94. The normalized spacial score (nSPS) is 12.7. The fourth-order valence-corrected chi connectivity index (χ4v) is 2.16. The van der Waals surface area contributed by atoms with E-state index in [1.807, 2.05) is 19.9 Å². The van der Waals surface area contributed by atoms with Gasteiger partial charge in [-0.3, -0.25) is 14.9 Å². The first-order valence-electron chi connectivity index (χ1n) is 8.38. The number of nitrogens with one attached hydrogen (secondary N) is 1. The first-order valence-corrected chi connectivity index (χ1v) is 8.38. The van der Waals surface area contributed by atoms with Gasteiger partial charge in [0.2, 0.25) is 0 Å². The molecule has 2 rings (SSSR count). The van der Waals surface area contributed by atoms with E-state index in [9.17, 15) is 14.9 Å². The van der Waals surface area contributed by atoms with Crippen LogP contribution in [-0.4, -0.2) is 23.0 Å². The van der Waals surface area contributed by atoms with Gasteiger partial charge in [-0.15, -0.1) is 0 Å². The van der Waals surface area contributed by atoms with Crippen molar-refractivity contribution < 1.29 is 19.2 Å². The molecule has 2 atom stereocenters. The number of carbonyl (C=O) groups excluding carboxylic acids is 1. The Hall–Kier alpha value is -3.09. The summed E-state index contributed by atoms with van der Waals surface area (Å²) >= 11 is 0. The van der Waals surface area contributed by atoms with Gasteiger partial charge in [0.05, 0.1) is 11.0 Å². The first kappa shape index (κ1) is 19.2. The van der Waals surface area contributed by atoms with E-state index in [2.05, 4.69) is 5.32 Å². The maximum absolute atomic E-state index is 12.3. The topological polar surface area (TPSA) is 90.7 Å². The Bertz CT molecular complexity index is 778. The summed E-state index contributed by atoms with van der Waals surface area (Å²) < 4.78 is 11.2. The Kier molecular flexibility index (Phi) is 6.54. The summed E-state index contributed by atoms with van der Waals surface area (Å²) in [4.78, 5) is 22.8. The molecular formula is C19H22N2O5.